The predicted molar refractivity (Wildman–Crippen MR) is 127 cm³/mol. The van der Waals surface area contributed by atoms with Crippen molar-refractivity contribution in [2.45, 2.75) is 88.5 Å². The summed E-state index contributed by atoms with van der Waals surface area (Å²) in [6, 6.07) is 9.25. The van der Waals surface area contributed by atoms with Crippen LogP contribution in [-0.4, -0.2) is 11.1 Å². The summed E-state index contributed by atoms with van der Waals surface area (Å²) in [6.45, 7) is 19.9. The van der Waals surface area contributed by atoms with Gasteiger partial charge in [0.2, 0.25) is 5.91 Å². The van der Waals surface area contributed by atoms with Gasteiger partial charge in [-0.05, 0) is 31.2 Å². The second-order valence-corrected chi connectivity index (χ2v) is 6.11. The van der Waals surface area contributed by atoms with Gasteiger partial charge in [0.15, 0.2) is 0 Å². The third kappa shape index (κ3) is 12.5. The molecule has 164 valence electrons. The molecule has 29 heavy (non-hydrogen) atoms. The molecule has 0 saturated heterocycles. The molecule has 1 aromatic carbocycles. The first-order chi connectivity index (χ1) is 13.4. The van der Waals surface area contributed by atoms with Crippen molar-refractivity contribution in [3.05, 3.63) is 47.3 Å². The quantitative estimate of drug-likeness (QED) is 0.550. The first-order valence-electron chi connectivity index (χ1n) is 10.2. The Morgan fingerprint density at radius 1 is 1.03 bits per heavy atom. The molecule has 0 aliphatic rings. The number of hydrogen-bond acceptors (Lipinski definition) is 3. The van der Waals surface area contributed by atoms with Gasteiger partial charge < -0.3 is 9.84 Å². The van der Waals surface area contributed by atoms with Gasteiger partial charge >= 0.3 is 0 Å². The highest BCUT2D eigenvalue weighted by Crippen LogP contribution is 2.22. The summed E-state index contributed by atoms with van der Waals surface area (Å²) in [5, 5.41) is 6.79. The Morgan fingerprint density at radius 2 is 1.55 bits per heavy atom. The molecule has 0 saturated carbocycles. The summed E-state index contributed by atoms with van der Waals surface area (Å²) in [5.41, 5.74) is 2.19. The van der Waals surface area contributed by atoms with Crippen LogP contribution in [-0.2, 0) is 16.6 Å². The molecule has 2 rings (SSSR count). The molecule has 0 fully saturated rings. The minimum absolute atomic E-state index is 0. The van der Waals surface area contributed by atoms with Gasteiger partial charge in [0.25, 0.3) is 0 Å². The van der Waals surface area contributed by atoms with E-state index in [1.54, 1.807) is 6.92 Å². The molecule has 4 nitrogen and oxygen atoms in total. The molecule has 1 heterocycles. The van der Waals surface area contributed by atoms with Crippen molar-refractivity contribution < 1.29 is 9.32 Å². The molecule has 0 bridgehead atoms. The number of nitrogens with one attached hydrogen (secondary N) is 1. The number of nitrogens with zero attached hydrogens (tertiary/aromatic N) is 1. The van der Waals surface area contributed by atoms with E-state index in [2.05, 4.69) is 22.3 Å². The fourth-order valence-electron chi connectivity index (χ4n) is 1.90. The van der Waals surface area contributed by atoms with Crippen molar-refractivity contribution >= 4 is 11.6 Å². The Bertz CT molecular complexity index is 712. The SMILES string of the molecule is C.CC.CC.CC.CC#Cc1ccc(NC(=O)Cc2cc(C(C)(C)C)on2)cc1. The topological polar surface area (TPSA) is 55.1 Å². The molecule has 0 radical (unpaired) electrons. The van der Waals surface area contributed by atoms with Crippen molar-refractivity contribution in [3.63, 3.8) is 0 Å². The number of benzene rings is 1. The molecule has 0 atom stereocenters. The van der Waals surface area contributed by atoms with Gasteiger partial charge in [-0.25, -0.2) is 0 Å². The van der Waals surface area contributed by atoms with Gasteiger partial charge in [-0.1, -0.05) is 80.8 Å². The number of aromatic nitrogens is 1. The summed E-state index contributed by atoms with van der Waals surface area (Å²) in [5.74, 6) is 6.45. The highest BCUT2D eigenvalue weighted by atomic mass is 16.5. The molecule has 1 amide bonds. The van der Waals surface area contributed by atoms with E-state index in [0.717, 1.165) is 17.0 Å². The third-order valence-electron chi connectivity index (χ3n) is 3.08. The Balaban J connectivity index is -0.000000883. The Kier molecular flexibility index (Phi) is 18.9. The van der Waals surface area contributed by atoms with Gasteiger partial charge in [-0.2, -0.15) is 0 Å². The molecule has 2 aromatic rings. The van der Waals surface area contributed by atoms with Crippen LogP contribution in [0.15, 0.2) is 34.9 Å². The third-order valence-corrected chi connectivity index (χ3v) is 3.08. The molecular formula is C25H42N2O2. The predicted octanol–water partition coefficient (Wildman–Crippen LogP) is 7.24. The maximum atomic E-state index is 12.0. The van der Waals surface area contributed by atoms with E-state index in [1.165, 1.54) is 0 Å². The summed E-state index contributed by atoms with van der Waals surface area (Å²) >= 11 is 0. The number of rotatable bonds is 3. The Hall–Kier alpha value is -2.54. The molecule has 4 heteroatoms. The lowest BCUT2D eigenvalue weighted by atomic mass is 9.93. The number of hydrogen-bond donors (Lipinski definition) is 1. The van der Waals surface area contributed by atoms with E-state index in [1.807, 2.05) is 92.6 Å². The van der Waals surface area contributed by atoms with Crippen molar-refractivity contribution in [1.82, 2.24) is 5.16 Å². The smallest absolute Gasteiger partial charge is 0.230 e. The van der Waals surface area contributed by atoms with Crippen molar-refractivity contribution in [2.24, 2.45) is 0 Å². The van der Waals surface area contributed by atoms with E-state index in [9.17, 15) is 4.79 Å². The van der Waals surface area contributed by atoms with Gasteiger partial charge in [-0.3, -0.25) is 4.79 Å². The van der Waals surface area contributed by atoms with E-state index in [0.29, 0.717) is 5.69 Å². The zero-order valence-corrected chi connectivity index (χ0v) is 19.4. The summed E-state index contributed by atoms with van der Waals surface area (Å²) < 4.78 is 5.28. The average molecular weight is 403 g/mol. The molecule has 0 aliphatic heterocycles. The van der Waals surface area contributed by atoms with E-state index in [4.69, 9.17) is 4.52 Å². The summed E-state index contributed by atoms with van der Waals surface area (Å²) in [6.07, 6.45) is 0.191. The van der Waals surface area contributed by atoms with Crippen LogP contribution in [0.25, 0.3) is 0 Å². The highest BCUT2D eigenvalue weighted by Gasteiger charge is 2.20. The maximum Gasteiger partial charge on any atom is 0.230 e. The zero-order chi connectivity index (χ0) is 22.2. The second-order valence-electron chi connectivity index (χ2n) is 6.11. The standard InChI is InChI=1S/C18H20N2O2.3C2H6.CH4/c1-5-6-13-7-9-14(10-8-13)19-17(21)12-15-11-16(22-20-15)18(2,3)4;3*1-2;/h7-11H,12H2,1-4H3,(H,19,21);3*1-2H3;1H4. The van der Waals surface area contributed by atoms with Gasteiger partial charge in [0.1, 0.15) is 5.76 Å². The molecule has 0 aliphatic carbocycles. The largest absolute Gasteiger partial charge is 0.361 e. The van der Waals surface area contributed by atoms with Crippen LogP contribution in [0.5, 0.6) is 0 Å². The first-order valence-corrected chi connectivity index (χ1v) is 10.2. The maximum absolute atomic E-state index is 12.0. The Labute approximate surface area is 179 Å². The number of carbonyl (C=O) groups is 1. The van der Waals surface area contributed by atoms with E-state index >= 15 is 0 Å². The number of anilines is 1. The van der Waals surface area contributed by atoms with Crippen molar-refractivity contribution in [2.75, 3.05) is 5.32 Å². The van der Waals surface area contributed by atoms with Crippen LogP contribution in [0.4, 0.5) is 5.69 Å². The van der Waals surface area contributed by atoms with Crippen LogP contribution < -0.4 is 5.32 Å². The minimum atomic E-state index is -0.122. The number of amides is 1. The lowest BCUT2D eigenvalue weighted by Gasteiger charge is -2.12. The lowest BCUT2D eigenvalue weighted by molar-refractivity contribution is -0.115. The van der Waals surface area contributed by atoms with Gasteiger partial charge in [-0.15, -0.1) is 5.92 Å². The normalized spacial score (nSPS) is 8.76. The van der Waals surface area contributed by atoms with Crippen LogP contribution in [0.2, 0.25) is 0 Å². The van der Waals surface area contributed by atoms with Crippen LogP contribution in [0, 0.1) is 11.8 Å². The second kappa shape index (κ2) is 17.6. The monoisotopic (exact) mass is 402 g/mol. The van der Waals surface area contributed by atoms with Crippen molar-refractivity contribution in [3.8, 4) is 11.8 Å². The highest BCUT2D eigenvalue weighted by molar-refractivity contribution is 5.92. The molecule has 1 aromatic heterocycles. The Morgan fingerprint density at radius 3 is 1.97 bits per heavy atom. The fourth-order valence-corrected chi connectivity index (χ4v) is 1.90. The van der Waals surface area contributed by atoms with Crippen LogP contribution in [0.1, 0.15) is 93.7 Å². The van der Waals surface area contributed by atoms with Crippen LogP contribution in [0.3, 0.4) is 0 Å². The molecule has 0 spiro atoms. The van der Waals surface area contributed by atoms with E-state index < -0.39 is 0 Å². The summed E-state index contributed by atoms with van der Waals surface area (Å²) in [7, 11) is 0. The minimum Gasteiger partial charge on any atom is -0.361 e. The van der Waals surface area contributed by atoms with Gasteiger partial charge in [0.05, 0.1) is 12.1 Å². The van der Waals surface area contributed by atoms with Gasteiger partial charge in [0, 0.05) is 22.7 Å². The van der Waals surface area contributed by atoms with Crippen LogP contribution >= 0.6 is 0 Å². The number of carbonyl (C=O) groups excluding carboxylic acids is 1. The molecular weight excluding hydrogens is 360 g/mol. The lowest BCUT2D eigenvalue weighted by Crippen LogP contribution is -2.14. The summed E-state index contributed by atoms with van der Waals surface area (Å²) in [4.78, 5) is 12.0. The first kappa shape index (κ1) is 31.2. The zero-order valence-electron chi connectivity index (χ0n) is 19.4. The average Bonchev–Trinajstić information content (AvgIpc) is 3.17. The van der Waals surface area contributed by atoms with E-state index in [-0.39, 0.29) is 25.2 Å². The fraction of sp³-hybridized carbons (Fsp3) is 0.520. The molecule has 0 unspecified atom stereocenters. The molecule has 1 N–H and O–H groups in total. The van der Waals surface area contributed by atoms with Crippen molar-refractivity contribution in [1.29, 1.82) is 0 Å².